The second-order valence-electron chi connectivity index (χ2n) is 15.1. The number of anilines is 3. The molecular formula is C50H33N3S. The first-order chi connectivity index (χ1) is 26.6. The Balaban J connectivity index is 1.17. The molecule has 0 spiro atoms. The Morgan fingerprint density at radius 2 is 1.15 bits per heavy atom. The predicted molar refractivity (Wildman–Crippen MR) is 227 cm³/mol. The maximum Gasteiger partial charge on any atom is 0.0963 e. The van der Waals surface area contributed by atoms with Crippen molar-refractivity contribution in [2.24, 2.45) is 0 Å². The summed E-state index contributed by atoms with van der Waals surface area (Å²) in [5, 5.41) is 9.05. The summed E-state index contributed by atoms with van der Waals surface area (Å²) >= 11 is 1.84. The molecule has 2 aromatic heterocycles. The van der Waals surface area contributed by atoms with Gasteiger partial charge in [-0.15, -0.1) is 0 Å². The van der Waals surface area contributed by atoms with Crippen molar-refractivity contribution < 1.29 is 0 Å². The molecule has 1 aliphatic heterocycles. The van der Waals surface area contributed by atoms with Gasteiger partial charge in [-0.3, -0.25) is 4.98 Å². The monoisotopic (exact) mass is 707 g/mol. The van der Waals surface area contributed by atoms with Crippen LogP contribution in [0.15, 0.2) is 174 Å². The fourth-order valence-electron chi connectivity index (χ4n) is 9.71. The molecular weight excluding hydrogens is 675 g/mol. The fourth-order valence-corrected chi connectivity index (χ4v) is 10.8. The van der Waals surface area contributed by atoms with E-state index in [1.165, 1.54) is 86.6 Å². The number of nitrogens with zero attached hydrogens (tertiary/aromatic N) is 3. The molecule has 3 nitrogen and oxygen atoms in total. The van der Waals surface area contributed by atoms with Crippen LogP contribution in [-0.4, -0.2) is 9.55 Å². The van der Waals surface area contributed by atoms with Gasteiger partial charge >= 0.3 is 0 Å². The Morgan fingerprint density at radius 3 is 1.89 bits per heavy atom. The summed E-state index contributed by atoms with van der Waals surface area (Å²) in [5.41, 5.74) is 13.1. The smallest absolute Gasteiger partial charge is 0.0963 e. The highest BCUT2D eigenvalue weighted by Gasteiger charge is 2.40. The quantitative estimate of drug-likeness (QED) is 0.167. The van der Waals surface area contributed by atoms with Crippen LogP contribution >= 0.6 is 11.8 Å². The topological polar surface area (TPSA) is 21.1 Å². The van der Waals surface area contributed by atoms with Gasteiger partial charge < -0.3 is 9.47 Å². The Kier molecular flexibility index (Phi) is 6.05. The molecule has 0 saturated heterocycles. The van der Waals surface area contributed by atoms with Crippen LogP contribution < -0.4 is 4.90 Å². The third kappa shape index (κ3) is 3.90. The highest BCUT2D eigenvalue weighted by molar-refractivity contribution is 7.99. The summed E-state index contributed by atoms with van der Waals surface area (Å²) < 4.78 is 2.49. The Hall–Kier alpha value is -6.36. The average molecular weight is 708 g/mol. The van der Waals surface area contributed by atoms with E-state index >= 15 is 0 Å². The molecule has 0 saturated carbocycles. The highest BCUT2D eigenvalue weighted by atomic mass is 32.2. The van der Waals surface area contributed by atoms with Gasteiger partial charge in [0.15, 0.2) is 0 Å². The summed E-state index contributed by atoms with van der Waals surface area (Å²) in [4.78, 5) is 9.97. The lowest BCUT2D eigenvalue weighted by molar-refractivity contribution is 0.664. The molecule has 0 atom stereocenters. The van der Waals surface area contributed by atoms with E-state index in [1.54, 1.807) is 0 Å². The number of benzene rings is 8. The van der Waals surface area contributed by atoms with Crippen molar-refractivity contribution in [3.63, 3.8) is 0 Å². The highest BCUT2D eigenvalue weighted by Crippen LogP contribution is 2.57. The van der Waals surface area contributed by atoms with E-state index in [1.807, 2.05) is 18.0 Å². The summed E-state index contributed by atoms with van der Waals surface area (Å²) in [6.45, 7) is 4.83. The number of hydrogen-bond donors (Lipinski definition) is 0. The zero-order chi connectivity index (χ0) is 35.7. The van der Waals surface area contributed by atoms with Gasteiger partial charge in [0.05, 0.1) is 27.9 Å². The second kappa shape index (κ2) is 10.8. The molecule has 0 radical (unpaired) electrons. The number of rotatable bonds is 2. The third-order valence-corrected chi connectivity index (χ3v) is 13.1. The van der Waals surface area contributed by atoms with Crippen molar-refractivity contribution in [3.8, 4) is 16.8 Å². The van der Waals surface area contributed by atoms with E-state index in [0.29, 0.717) is 0 Å². The molecule has 54 heavy (non-hydrogen) atoms. The minimum atomic E-state index is -0.267. The zero-order valence-corrected chi connectivity index (χ0v) is 30.7. The van der Waals surface area contributed by atoms with Crippen molar-refractivity contribution in [2.75, 3.05) is 4.90 Å². The van der Waals surface area contributed by atoms with Gasteiger partial charge in [0, 0.05) is 38.2 Å². The zero-order valence-electron chi connectivity index (χ0n) is 29.8. The summed E-state index contributed by atoms with van der Waals surface area (Å²) in [6, 6.07) is 58.2. The molecule has 12 rings (SSSR count). The first-order valence-electron chi connectivity index (χ1n) is 18.6. The molecule has 0 unspecified atom stereocenters. The largest absolute Gasteiger partial charge is 0.308 e. The maximum atomic E-state index is 5.04. The number of fused-ring (bicyclic) bond motifs is 16. The van der Waals surface area contributed by atoms with E-state index < -0.39 is 0 Å². The lowest BCUT2D eigenvalue weighted by Gasteiger charge is -2.33. The summed E-state index contributed by atoms with van der Waals surface area (Å²) in [7, 11) is 0. The van der Waals surface area contributed by atoms with Gasteiger partial charge in [0.25, 0.3) is 0 Å². The van der Waals surface area contributed by atoms with Gasteiger partial charge in [0.2, 0.25) is 0 Å². The maximum absolute atomic E-state index is 5.04. The summed E-state index contributed by atoms with van der Waals surface area (Å²) in [5.74, 6) is 0. The van der Waals surface area contributed by atoms with Gasteiger partial charge in [-0.05, 0) is 115 Å². The van der Waals surface area contributed by atoms with E-state index in [9.17, 15) is 0 Å². The van der Waals surface area contributed by atoms with Crippen LogP contribution in [0.2, 0.25) is 0 Å². The van der Waals surface area contributed by atoms with Gasteiger partial charge in [-0.25, -0.2) is 0 Å². The molecule has 10 aromatic rings. The van der Waals surface area contributed by atoms with Gasteiger partial charge in [0.1, 0.15) is 0 Å². The number of para-hydroxylation sites is 2. The molecule has 0 amide bonds. The minimum absolute atomic E-state index is 0.267. The molecule has 0 fully saturated rings. The van der Waals surface area contributed by atoms with Crippen molar-refractivity contribution in [1.29, 1.82) is 0 Å². The summed E-state index contributed by atoms with van der Waals surface area (Å²) in [6.07, 6.45) is 1.93. The molecule has 2 aliphatic rings. The van der Waals surface area contributed by atoms with Crippen LogP contribution in [0.4, 0.5) is 17.1 Å². The van der Waals surface area contributed by atoms with E-state index in [-0.39, 0.29) is 5.41 Å². The number of pyridine rings is 1. The first kappa shape index (κ1) is 30.1. The Labute approximate surface area is 317 Å². The van der Waals surface area contributed by atoms with Crippen LogP contribution in [-0.2, 0) is 5.41 Å². The lowest BCUT2D eigenvalue weighted by atomic mass is 9.80. The molecule has 254 valence electrons. The lowest BCUT2D eigenvalue weighted by Crippen LogP contribution is -2.17. The van der Waals surface area contributed by atoms with E-state index in [2.05, 4.69) is 181 Å². The van der Waals surface area contributed by atoms with Crippen LogP contribution in [0, 0.1) is 0 Å². The Morgan fingerprint density at radius 1 is 0.537 bits per heavy atom. The van der Waals surface area contributed by atoms with E-state index in [0.717, 1.165) is 22.4 Å². The number of hydrogen-bond acceptors (Lipinski definition) is 3. The fraction of sp³-hybridized carbons (Fsp3) is 0.0600. The van der Waals surface area contributed by atoms with Crippen molar-refractivity contribution in [3.05, 3.63) is 175 Å². The van der Waals surface area contributed by atoms with Crippen LogP contribution in [0.1, 0.15) is 25.0 Å². The average Bonchev–Trinajstić information content (AvgIpc) is 3.68. The van der Waals surface area contributed by atoms with Crippen LogP contribution in [0.3, 0.4) is 0 Å². The SMILES string of the molecule is CC1(C)c2ccc3c4ccccc4c4ccccc4c3c2-c2ccc3c4ncccc4n(-c4cccc(N5c6ccccc6Sc6ccccc65)c4)c3c21. The molecule has 8 aromatic carbocycles. The van der Waals surface area contributed by atoms with Crippen molar-refractivity contribution >= 4 is 83.1 Å². The first-order valence-corrected chi connectivity index (χ1v) is 19.5. The van der Waals surface area contributed by atoms with Crippen LogP contribution in [0.5, 0.6) is 0 Å². The van der Waals surface area contributed by atoms with Crippen molar-refractivity contribution in [1.82, 2.24) is 9.55 Å². The third-order valence-electron chi connectivity index (χ3n) is 11.9. The Bertz CT molecular complexity index is 3160. The van der Waals surface area contributed by atoms with Gasteiger partial charge in [-0.2, -0.15) is 0 Å². The second-order valence-corrected chi connectivity index (χ2v) is 16.2. The number of aromatic nitrogens is 2. The van der Waals surface area contributed by atoms with E-state index in [4.69, 9.17) is 4.98 Å². The minimum Gasteiger partial charge on any atom is -0.308 e. The normalized spacial score (nSPS) is 14.1. The predicted octanol–water partition coefficient (Wildman–Crippen LogP) is 13.9. The molecule has 0 N–H and O–H groups in total. The van der Waals surface area contributed by atoms with Crippen LogP contribution in [0.25, 0.3) is 71.1 Å². The molecule has 4 heteroatoms. The molecule has 1 aliphatic carbocycles. The standard InChI is InChI=1S/C50H33N3S/c1-50(2)39-27-26-36-34-17-4-3-15-32(34)33-16-5-6-18-35(33)45(36)46(39)37-24-25-38-48-42(21-12-28-51-48)53(49(38)47(37)50)31-14-11-13-30(29-31)52-40-19-7-9-22-43(40)54-44-23-10-8-20-41(44)52/h3-29H,1-2H3. The molecule has 0 bridgehead atoms. The van der Waals surface area contributed by atoms with Gasteiger partial charge in [-0.1, -0.05) is 123 Å². The molecule has 3 heterocycles. The van der Waals surface area contributed by atoms with Crippen molar-refractivity contribution in [2.45, 2.75) is 29.1 Å².